The number of allylic oxidation sites excluding steroid dienone is 2. The summed E-state index contributed by atoms with van der Waals surface area (Å²) in [4.78, 5) is 0. The molecule has 0 saturated carbocycles. The van der Waals surface area contributed by atoms with Gasteiger partial charge in [-0.3, -0.25) is 8.37 Å². The first-order chi connectivity index (χ1) is 31.0. The first kappa shape index (κ1) is 69.7. The smallest absolute Gasteiger partial charge is 0.726 e. The van der Waals surface area contributed by atoms with Gasteiger partial charge in [-0.05, 0) is 38.5 Å². The molecule has 0 aromatic carbocycles. The summed E-state index contributed by atoms with van der Waals surface area (Å²) in [6, 6.07) is 0. The fraction of sp³-hybridized carbons (Fsp3) is 0.926. The number of unbranched alkanes of at least 4 members (excludes halogenated alkanes) is 36. The van der Waals surface area contributed by atoms with Crippen LogP contribution in [0.1, 0.15) is 297 Å². The van der Waals surface area contributed by atoms with Gasteiger partial charge in [0.1, 0.15) is 0 Å². The van der Waals surface area contributed by atoms with Crippen molar-refractivity contribution in [2.75, 3.05) is 13.2 Å². The molecular formula is C54H106CaO8S2. The molecule has 0 rings (SSSR count). The van der Waals surface area contributed by atoms with Crippen molar-refractivity contribution >= 4 is 58.5 Å². The van der Waals surface area contributed by atoms with Gasteiger partial charge in [-0.1, -0.05) is 283 Å². The van der Waals surface area contributed by atoms with Crippen LogP contribution in [-0.4, -0.2) is 76.9 Å². The van der Waals surface area contributed by atoms with Crippen LogP contribution < -0.4 is 0 Å². The Morgan fingerprint density at radius 1 is 0.338 bits per heavy atom. The molecule has 0 amide bonds. The van der Waals surface area contributed by atoms with Gasteiger partial charge < -0.3 is 9.11 Å². The van der Waals surface area contributed by atoms with Gasteiger partial charge >= 0.3 is 37.7 Å². The zero-order valence-electron chi connectivity index (χ0n) is 43.4. The molecule has 0 spiro atoms. The minimum atomic E-state index is -4.61. The van der Waals surface area contributed by atoms with Crippen molar-refractivity contribution in [2.24, 2.45) is 11.8 Å². The van der Waals surface area contributed by atoms with Crippen molar-refractivity contribution in [3.8, 4) is 0 Å². The average molecular weight is 988 g/mol. The minimum absolute atomic E-state index is 0. The average Bonchev–Trinajstić information content (AvgIpc) is 3.26. The Bertz CT molecular complexity index is 1100. The Kier molecular flexibility index (Phi) is 59.4. The van der Waals surface area contributed by atoms with Crippen LogP contribution in [0.15, 0.2) is 24.3 Å². The largest absolute Gasteiger partial charge is 2.00 e. The van der Waals surface area contributed by atoms with E-state index in [1.165, 1.54) is 231 Å². The first-order valence-corrected chi connectivity index (χ1v) is 30.2. The fourth-order valence-corrected chi connectivity index (χ4v) is 9.01. The Balaban J connectivity index is -0.00000116. The maximum Gasteiger partial charge on any atom is 2.00 e. The van der Waals surface area contributed by atoms with Gasteiger partial charge in [0, 0.05) is 11.8 Å². The Morgan fingerprint density at radius 2 is 0.538 bits per heavy atom. The molecule has 0 heterocycles. The summed E-state index contributed by atoms with van der Waals surface area (Å²) in [5.41, 5.74) is 0. The third kappa shape index (κ3) is 64.5. The number of rotatable bonds is 50. The maximum atomic E-state index is 10.8. The predicted molar refractivity (Wildman–Crippen MR) is 279 cm³/mol. The van der Waals surface area contributed by atoms with Gasteiger partial charge in [0.2, 0.25) is 20.8 Å². The number of hydrogen-bond acceptors (Lipinski definition) is 8. The quantitative estimate of drug-likeness (QED) is 0.0193. The van der Waals surface area contributed by atoms with Crippen LogP contribution in [0.4, 0.5) is 0 Å². The molecule has 0 aromatic rings. The van der Waals surface area contributed by atoms with E-state index in [2.05, 4.69) is 60.4 Å². The zero-order valence-corrected chi connectivity index (χ0v) is 47.2. The number of hydrogen-bond donors (Lipinski definition) is 0. The summed E-state index contributed by atoms with van der Waals surface area (Å²) in [6.07, 6.45) is 61.7. The molecule has 0 radical (unpaired) electrons. The second kappa shape index (κ2) is 55.4. The predicted octanol–water partition coefficient (Wildman–Crippen LogP) is 17.4. The van der Waals surface area contributed by atoms with Crippen LogP contribution in [0, 0.1) is 11.8 Å². The monoisotopic (exact) mass is 987 g/mol. The summed E-state index contributed by atoms with van der Waals surface area (Å²) in [7, 11) is -9.22. The summed E-state index contributed by atoms with van der Waals surface area (Å²) in [5.74, 6) is 0.0399. The van der Waals surface area contributed by atoms with Crippen LogP contribution in [0.2, 0.25) is 0 Å². The molecule has 11 heteroatoms. The molecule has 0 aliphatic carbocycles. The molecule has 65 heavy (non-hydrogen) atoms. The van der Waals surface area contributed by atoms with Crippen LogP contribution in [0.25, 0.3) is 0 Å². The Labute approximate surface area is 436 Å². The fourth-order valence-electron chi connectivity index (χ4n) is 8.32. The molecule has 0 fully saturated rings. The van der Waals surface area contributed by atoms with Gasteiger partial charge in [-0.25, -0.2) is 16.8 Å². The minimum Gasteiger partial charge on any atom is -0.726 e. The van der Waals surface area contributed by atoms with E-state index < -0.39 is 20.8 Å². The molecule has 0 aliphatic rings. The van der Waals surface area contributed by atoms with Crippen LogP contribution >= 0.6 is 0 Å². The van der Waals surface area contributed by atoms with E-state index in [9.17, 15) is 25.9 Å². The normalized spacial score (nSPS) is 13.0. The van der Waals surface area contributed by atoms with E-state index in [-0.39, 0.29) is 62.8 Å². The molecule has 8 nitrogen and oxygen atoms in total. The summed E-state index contributed by atoms with van der Waals surface area (Å²) >= 11 is 0. The van der Waals surface area contributed by atoms with Crippen molar-refractivity contribution in [2.45, 2.75) is 297 Å². The first-order valence-electron chi connectivity index (χ1n) is 27.5. The molecule has 2 atom stereocenters. The van der Waals surface area contributed by atoms with Gasteiger partial charge in [-0.15, -0.1) is 0 Å². The second-order valence-corrected chi connectivity index (χ2v) is 21.0. The van der Waals surface area contributed by atoms with Crippen LogP contribution in [-0.2, 0) is 29.2 Å². The third-order valence-electron chi connectivity index (χ3n) is 12.5. The van der Waals surface area contributed by atoms with Crippen molar-refractivity contribution in [3.63, 3.8) is 0 Å². The summed E-state index contributed by atoms with van der Waals surface area (Å²) < 4.78 is 74.0. The van der Waals surface area contributed by atoms with E-state index in [4.69, 9.17) is 0 Å². The topological polar surface area (TPSA) is 133 Å². The molecule has 0 saturated heterocycles. The molecular weight excluding hydrogens is 881 g/mol. The molecule has 384 valence electrons. The Morgan fingerprint density at radius 3 is 0.754 bits per heavy atom. The van der Waals surface area contributed by atoms with Crippen molar-refractivity contribution in [1.82, 2.24) is 0 Å². The van der Waals surface area contributed by atoms with Crippen molar-refractivity contribution in [3.05, 3.63) is 24.3 Å². The third-order valence-corrected chi connectivity index (χ3v) is 13.3. The molecule has 0 bridgehead atoms. The van der Waals surface area contributed by atoms with E-state index in [1.807, 2.05) is 0 Å². The van der Waals surface area contributed by atoms with Gasteiger partial charge in [-0.2, -0.15) is 0 Å². The Hall–Kier alpha value is 0.480. The standard InChI is InChI=1S/2C27H54O4S.Ca/c2*1-3-5-7-9-11-13-14-15-16-17-19-21-23-25-27(26-31-32(28,29)30)24-22-20-18-12-10-8-6-4-2;/h2*22,24,27H,3-21,23,25-26H2,1-2H3,(H,28,29,30);/q;;+2/p-2/b2*24-22+;. The van der Waals surface area contributed by atoms with Gasteiger partial charge in [0.25, 0.3) is 0 Å². The van der Waals surface area contributed by atoms with Crippen molar-refractivity contribution in [1.29, 1.82) is 0 Å². The van der Waals surface area contributed by atoms with Gasteiger partial charge in [0.05, 0.1) is 13.2 Å². The van der Waals surface area contributed by atoms with Crippen LogP contribution in [0.3, 0.4) is 0 Å². The van der Waals surface area contributed by atoms with E-state index >= 15 is 0 Å². The molecule has 0 N–H and O–H groups in total. The molecule has 2 unspecified atom stereocenters. The van der Waals surface area contributed by atoms with Crippen molar-refractivity contribution < 1.29 is 34.3 Å². The second-order valence-electron chi connectivity index (χ2n) is 18.9. The van der Waals surface area contributed by atoms with Gasteiger partial charge in [0.15, 0.2) is 0 Å². The molecule has 0 aromatic heterocycles. The summed E-state index contributed by atoms with van der Waals surface area (Å²) in [6.45, 7) is 8.95. The van der Waals surface area contributed by atoms with E-state index in [0.29, 0.717) is 0 Å². The van der Waals surface area contributed by atoms with Crippen LogP contribution in [0.5, 0.6) is 0 Å². The molecule has 0 aliphatic heterocycles. The maximum absolute atomic E-state index is 10.8. The van der Waals surface area contributed by atoms with E-state index in [1.54, 1.807) is 0 Å². The van der Waals surface area contributed by atoms with E-state index in [0.717, 1.165) is 38.5 Å². The SMILES string of the molecule is CCCCCCCC/C=C/C(CCCCCCCCCCCCCCC)COS(=O)(=O)[O-].CCCCCCCC/C=C/C(CCCCCCCCCCCCCCC)COS(=O)(=O)[O-].[Ca+2]. The zero-order chi connectivity index (χ0) is 47.5. The summed E-state index contributed by atoms with van der Waals surface area (Å²) in [5, 5.41) is 0.